The van der Waals surface area contributed by atoms with Crippen molar-refractivity contribution in [1.82, 2.24) is 25.1 Å². The Balaban J connectivity index is 0.000000629. The first-order valence-electron chi connectivity index (χ1n) is 18.0. The number of ketones is 2. The predicted molar refractivity (Wildman–Crippen MR) is 206 cm³/mol. The lowest BCUT2D eigenvalue weighted by molar-refractivity contribution is -0.192. The standard InChI is InChI=1S/C40H35N5O4.C2HF3O2/c46-37-29-13-5-3-11-27(29)35-33(37)25-9-1-7-15-31(25)39(48)44(35)23-21-42-19-17-41-18-20-43-22-24-45-36-28-12-4-6-14-30(28)38(47)34(36)26-10-2-8-16-32(26)40(45)49;3-2(4,5)1(6)7/h1-16,41-43H,17-24H2;(H,6,7). The first-order chi connectivity index (χ1) is 27.0. The Hall–Kier alpha value is -6.22. The molecule has 4 aromatic carbocycles. The van der Waals surface area contributed by atoms with Crippen molar-refractivity contribution in [3.63, 3.8) is 0 Å². The molecule has 2 aliphatic rings. The molecule has 56 heavy (non-hydrogen) atoms. The number of carbonyl (C=O) groups is 3. The molecule has 14 heteroatoms. The normalized spacial score (nSPS) is 12.6. The van der Waals surface area contributed by atoms with Gasteiger partial charge in [0.2, 0.25) is 0 Å². The highest BCUT2D eigenvalue weighted by Crippen LogP contribution is 2.40. The minimum absolute atomic E-state index is 0.0324. The zero-order valence-corrected chi connectivity index (χ0v) is 29.9. The summed E-state index contributed by atoms with van der Waals surface area (Å²) in [6, 6.07) is 29.7. The Morgan fingerprint density at radius 2 is 0.804 bits per heavy atom. The Morgan fingerprint density at radius 3 is 1.16 bits per heavy atom. The van der Waals surface area contributed by atoms with Gasteiger partial charge in [0.1, 0.15) is 0 Å². The summed E-state index contributed by atoms with van der Waals surface area (Å²) >= 11 is 0. The molecule has 0 spiro atoms. The molecule has 0 radical (unpaired) electrons. The molecule has 286 valence electrons. The molecule has 0 unspecified atom stereocenters. The average molecular weight is 764 g/mol. The van der Waals surface area contributed by atoms with E-state index < -0.39 is 12.1 Å². The highest BCUT2D eigenvalue weighted by atomic mass is 19.4. The van der Waals surface area contributed by atoms with Crippen LogP contribution < -0.4 is 27.1 Å². The summed E-state index contributed by atoms with van der Waals surface area (Å²) in [5.41, 5.74) is 5.37. The van der Waals surface area contributed by atoms with Gasteiger partial charge in [-0.15, -0.1) is 0 Å². The smallest absolute Gasteiger partial charge is 0.475 e. The summed E-state index contributed by atoms with van der Waals surface area (Å²) in [4.78, 5) is 62.8. The van der Waals surface area contributed by atoms with Crippen molar-refractivity contribution >= 4 is 39.1 Å². The lowest BCUT2D eigenvalue weighted by Gasteiger charge is -2.16. The average Bonchev–Trinajstić information content (AvgIpc) is 3.66. The van der Waals surface area contributed by atoms with Gasteiger partial charge in [-0.25, -0.2) is 4.79 Å². The molecule has 2 aromatic heterocycles. The van der Waals surface area contributed by atoms with E-state index in [0.717, 1.165) is 24.2 Å². The third kappa shape index (κ3) is 7.05. The SMILES string of the molecule is O=C(O)C(F)(F)F.O=C1c2ccccc2-c2c1c1ccccc1c(=O)n2CCNCCNCCNCCn1c2c(c3ccccc3c1=O)C(=O)c1ccccc1-2. The number of nitrogens with zero attached hydrogens (tertiary/aromatic N) is 2. The Bertz CT molecular complexity index is 2480. The topological polar surface area (TPSA) is 152 Å². The van der Waals surface area contributed by atoms with Crippen molar-refractivity contribution in [1.29, 1.82) is 0 Å². The number of carboxylic acids is 1. The number of carbonyl (C=O) groups excluding carboxylic acids is 2. The van der Waals surface area contributed by atoms with Crippen LogP contribution in [0.3, 0.4) is 0 Å². The van der Waals surface area contributed by atoms with Crippen LogP contribution in [0.5, 0.6) is 0 Å². The van der Waals surface area contributed by atoms with Gasteiger partial charge in [-0.1, -0.05) is 84.9 Å². The fraction of sp³-hybridized carbons (Fsp3) is 0.214. The van der Waals surface area contributed by atoms with Crippen molar-refractivity contribution in [2.24, 2.45) is 0 Å². The quantitative estimate of drug-likeness (QED) is 0.128. The van der Waals surface area contributed by atoms with Gasteiger partial charge in [0, 0.05) is 96.2 Å². The second-order valence-corrected chi connectivity index (χ2v) is 13.3. The van der Waals surface area contributed by atoms with Crippen molar-refractivity contribution < 1.29 is 32.7 Å². The van der Waals surface area contributed by atoms with Gasteiger partial charge in [-0.05, 0) is 12.1 Å². The molecule has 2 heterocycles. The fourth-order valence-corrected chi connectivity index (χ4v) is 7.40. The summed E-state index contributed by atoms with van der Waals surface area (Å²) in [6.45, 7) is 4.97. The van der Waals surface area contributed by atoms with Crippen LogP contribution in [0.1, 0.15) is 31.8 Å². The third-order valence-electron chi connectivity index (χ3n) is 9.89. The first kappa shape index (κ1) is 38.1. The summed E-state index contributed by atoms with van der Waals surface area (Å²) in [5, 5.41) is 19.9. The molecule has 0 saturated heterocycles. The summed E-state index contributed by atoms with van der Waals surface area (Å²) in [7, 11) is 0. The van der Waals surface area contributed by atoms with E-state index in [1.807, 2.05) is 84.9 Å². The molecule has 2 aliphatic carbocycles. The van der Waals surface area contributed by atoms with Crippen molar-refractivity contribution in [2.75, 3.05) is 39.3 Å². The van der Waals surface area contributed by atoms with Gasteiger partial charge in [0.05, 0.1) is 22.5 Å². The Morgan fingerprint density at radius 1 is 0.500 bits per heavy atom. The summed E-state index contributed by atoms with van der Waals surface area (Å²) in [6.07, 6.45) is -5.08. The summed E-state index contributed by atoms with van der Waals surface area (Å²) in [5.74, 6) is -2.82. The van der Waals surface area contributed by atoms with Crippen molar-refractivity contribution in [2.45, 2.75) is 19.3 Å². The Labute approximate surface area is 317 Å². The van der Waals surface area contributed by atoms with Crippen LogP contribution in [0.15, 0.2) is 107 Å². The van der Waals surface area contributed by atoms with E-state index in [9.17, 15) is 32.3 Å². The van der Waals surface area contributed by atoms with Gasteiger partial charge < -0.3 is 30.2 Å². The molecule has 0 atom stereocenters. The zero-order valence-electron chi connectivity index (χ0n) is 29.9. The second kappa shape index (κ2) is 15.9. The monoisotopic (exact) mass is 763 g/mol. The number of fused-ring (bicyclic) bond motifs is 10. The summed E-state index contributed by atoms with van der Waals surface area (Å²) < 4.78 is 35.2. The molecular formula is C42H36F3N5O6. The predicted octanol–water partition coefficient (Wildman–Crippen LogP) is 4.84. The van der Waals surface area contributed by atoms with Crippen LogP contribution in [0, 0.1) is 0 Å². The van der Waals surface area contributed by atoms with Crippen molar-refractivity contribution in [3.8, 4) is 22.5 Å². The van der Waals surface area contributed by atoms with E-state index in [0.29, 0.717) is 94.5 Å². The number of halogens is 3. The van der Waals surface area contributed by atoms with Gasteiger partial charge in [-0.3, -0.25) is 19.2 Å². The highest BCUT2D eigenvalue weighted by Gasteiger charge is 2.38. The van der Waals surface area contributed by atoms with E-state index in [-0.39, 0.29) is 22.7 Å². The van der Waals surface area contributed by atoms with Crippen molar-refractivity contribution in [3.05, 3.63) is 140 Å². The minimum Gasteiger partial charge on any atom is -0.475 e. The maximum atomic E-state index is 13.6. The number of benzene rings is 4. The molecular weight excluding hydrogens is 727 g/mol. The zero-order chi connectivity index (χ0) is 39.6. The number of hydrogen-bond acceptors (Lipinski definition) is 8. The van der Waals surface area contributed by atoms with E-state index in [1.54, 1.807) is 21.3 Å². The van der Waals surface area contributed by atoms with Gasteiger partial charge in [0.15, 0.2) is 11.6 Å². The molecule has 8 rings (SSSR count). The van der Waals surface area contributed by atoms with Gasteiger partial charge in [-0.2, -0.15) is 13.2 Å². The van der Waals surface area contributed by atoms with Crippen LogP contribution in [0.4, 0.5) is 13.2 Å². The molecule has 0 saturated carbocycles. The third-order valence-corrected chi connectivity index (χ3v) is 9.89. The van der Waals surface area contributed by atoms with Crippen LogP contribution >= 0.6 is 0 Å². The van der Waals surface area contributed by atoms with Crippen LogP contribution in [-0.2, 0) is 17.9 Å². The molecule has 0 aliphatic heterocycles. The second-order valence-electron chi connectivity index (χ2n) is 13.3. The van der Waals surface area contributed by atoms with Crippen LogP contribution in [0.2, 0.25) is 0 Å². The molecule has 6 aromatic rings. The molecule has 0 amide bonds. The highest BCUT2D eigenvalue weighted by molar-refractivity contribution is 6.27. The first-order valence-corrected chi connectivity index (χ1v) is 18.0. The minimum atomic E-state index is -5.08. The lowest BCUT2D eigenvalue weighted by atomic mass is 10.0. The fourth-order valence-electron chi connectivity index (χ4n) is 7.40. The van der Waals surface area contributed by atoms with Crippen LogP contribution in [-0.4, -0.2) is 77.2 Å². The molecule has 4 N–H and O–H groups in total. The number of carboxylic acid groups (broad SMARTS) is 1. The number of alkyl halides is 3. The number of aromatic nitrogens is 2. The van der Waals surface area contributed by atoms with E-state index >= 15 is 0 Å². The number of nitrogens with one attached hydrogen (secondary N) is 3. The maximum absolute atomic E-state index is 13.6. The molecule has 11 nitrogen and oxygen atoms in total. The van der Waals surface area contributed by atoms with E-state index in [2.05, 4.69) is 16.0 Å². The molecule has 0 fully saturated rings. The van der Waals surface area contributed by atoms with E-state index in [4.69, 9.17) is 9.90 Å². The molecule has 0 bridgehead atoms. The maximum Gasteiger partial charge on any atom is 0.490 e. The lowest BCUT2D eigenvalue weighted by Crippen LogP contribution is -2.36. The number of hydrogen-bond donors (Lipinski definition) is 4. The largest absolute Gasteiger partial charge is 0.490 e. The van der Waals surface area contributed by atoms with Gasteiger partial charge in [0.25, 0.3) is 11.1 Å². The Kier molecular flexibility index (Phi) is 10.8. The number of aliphatic carboxylic acids is 1. The van der Waals surface area contributed by atoms with E-state index in [1.165, 1.54) is 0 Å². The number of rotatable bonds is 12. The van der Waals surface area contributed by atoms with Crippen LogP contribution in [0.25, 0.3) is 44.1 Å². The number of pyridine rings is 2. The van der Waals surface area contributed by atoms with Gasteiger partial charge >= 0.3 is 12.1 Å².